The van der Waals surface area contributed by atoms with E-state index in [0.717, 1.165) is 25.2 Å². The average molecular weight is 268 g/mol. The van der Waals surface area contributed by atoms with Crippen molar-refractivity contribution in [2.45, 2.75) is 13.3 Å². The summed E-state index contributed by atoms with van der Waals surface area (Å²) >= 11 is 0. The van der Waals surface area contributed by atoms with Gasteiger partial charge in [0.15, 0.2) is 0 Å². The van der Waals surface area contributed by atoms with Crippen LogP contribution in [-0.4, -0.2) is 25.5 Å². The topological polar surface area (TPSA) is 41.1 Å². The van der Waals surface area contributed by atoms with Gasteiger partial charge in [-0.2, -0.15) is 0 Å². The third-order valence-corrected chi connectivity index (χ3v) is 3.64. The molecule has 0 spiro atoms. The molecule has 0 bridgehead atoms. The van der Waals surface area contributed by atoms with Crippen molar-refractivity contribution >= 4 is 5.91 Å². The summed E-state index contributed by atoms with van der Waals surface area (Å²) in [5.74, 6) is -0.587. The maximum absolute atomic E-state index is 13.4. The molecule has 1 unspecified atom stereocenters. The third-order valence-electron chi connectivity index (χ3n) is 3.64. The predicted molar refractivity (Wildman–Crippen MR) is 68.6 cm³/mol. The fraction of sp³-hybridized carbons (Fsp3) is 0.500. The highest BCUT2D eigenvalue weighted by molar-refractivity contribution is 5.78. The van der Waals surface area contributed by atoms with Gasteiger partial charge in [-0.25, -0.2) is 8.78 Å². The molecular weight excluding hydrogens is 250 g/mol. The largest absolute Gasteiger partial charge is 0.356 e. The van der Waals surface area contributed by atoms with E-state index in [9.17, 15) is 13.6 Å². The molecule has 1 aromatic carbocycles. The first kappa shape index (κ1) is 13.9. The maximum atomic E-state index is 13.4. The molecule has 19 heavy (non-hydrogen) atoms. The van der Waals surface area contributed by atoms with Crippen molar-refractivity contribution in [1.29, 1.82) is 0 Å². The van der Waals surface area contributed by atoms with Crippen molar-refractivity contribution in [3.05, 3.63) is 35.4 Å². The SMILES string of the molecule is CC(C(=O)NCCc1cc(F)ccc1F)C1CNC1. The molecule has 1 atom stereocenters. The van der Waals surface area contributed by atoms with E-state index in [-0.39, 0.29) is 11.8 Å². The number of carbonyl (C=O) groups excluding carboxylic acids is 1. The van der Waals surface area contributed by atoms with E-state index < -0.39 is 11.6 Å². The van der Waals surface area contributed by atoms with Crippen molar-refractivity contribution in [3.63, 3.8) is 0 Å². The van der Waals surface area contributed by atoms with Crippen LogP contribution in [-0.2, 0) is 11.2 Å². The Balaban J connectivity index is 1.79. The highest BCUT2D eigenvalue weighted by Crippen LogP contribution is 2.16. The number of halogens is 2. The van der Waals surface area contributed by atoms with E-state index in [1.54, 1.807) is 0 Å². The van der Waals surface area contributed by atoms with Gasteiger partial charge in [-0.05, 0) is 49.2 Å². The Morgan fingerprint density at radius 2 is 2.21 bits per heavy atom. The van der Waals surface area contributed by atoms with Gasteiger partial charge in [0.25, 0.3) is 0 Å². The average Bonchev–Trinajstić information content (AvgIpc) is 2.31. The van der Waals surface area contributed by atoms with Gasteiger partial charge in [0, 0.05) is 12.5 Å². The normalized spacial score (nSPS) is 16.8. The standard InChI is InChI=1S/C14H18F2N2O/c1-9(11-7-17-8-11)14(19)18-5-4-10-6-12(15)2-3-13(10)16/h2-3,6,9,11,17H,4-5,7-8H2,1H3,(H,18,19). The van der Waals surface area contributed by atoms with Gasteiger partial charge >= 0.3 is 0 Å². The summed E-state index contributed by atoms with van der Waals surface area (Å²) in [7, 11) is 0. The van der Waals surface area contributed by atoms with Crippen LogP contribution in [0.3, 0.4) is 0 Å². The van der Waals surface area contributed by atoms with Gasteiger partial charge in [0.1, 0.15) is 11.6 Å². The first-order valence-corrected chi connectivity index (χ1v) is 6.50. The van der Waals surface area contributed by atoms with Crippen LogP contribution in [0.5, 0.6) is 0 Å². The molecule has 0 radical (unpaired) electrons. The van der Waals surface area contributed by atoms with Crippen LogP contribution in [0, 0.1) is 23.5 Å². The van der Waals surface area contributed by atoms with E-state index in [1.165, 1.54) is 6.07 Å². The molecule has 0 aromatic heterocycles. The number of amides is 1. The summed E-state index contributed by atoms with van der Waals surface area (Å²) < 4.78 is 26.3. The van der Waals surface area contributed by atoms with Gasteiger partial charge in [0.2, 0.25) is 5.91 Å². The van der Waals surface area contributed by atoms with E-state index in [4.69, 9.17) is 0 Å². The fourth-order valence-corrected chi connectivity index (χ4v) is 2.09. The fourth-order valence-electron chi connectivity index (χ4n) is 2.09. The van der Waals surface area contributed by atoms with Crippen LogP contribution < -0.4 is 10.6 Å². The van der Waals surface area contributed by atoms with Crippen molar-refractivity contribution in [3.8, 4) is 0 Å². The van der Waals surface area contributed by atoms with Crippen LogP contribution in [0.4, 0.5) is 8.78 Å². The lowest BCUT2D eigenvalue weighted by Gasteiger charge is -2.31. The molecule has 2 N–H and O–H groups in total. The summed E-state index contributed by atoms with van der Waals surface area (Å²) in [6.07, 6.45) is 0.297. The zero-order chi connectivity index (χ0) is 13.8. The summed E-state index contributed by atoms with van der Waals surface area (Å²) in [6.45, 7) is 3.95. The molecule has 5 heteroatoms. The van der Waals surface area contributed by atoms with Gasteiger partial charge in [-0.3, -0.25) is 4.79 Å². The molecule has 1 aliphatic rings. The van der Waals surface area contributed by atoms with Crippen LogP contribution in [0.25, 0.3) is 0 Å². The van der Waals surface area contributed by atoms with E-state index in [1.807, 2.05) is 6.92 Å². The molecule has 1 fully saturated rings. The van der Waals surface area contributed by atoms with Gasteiger partial charge in [-0.15, -0.1) is 0 Å². The van der Waals surface area contributed by atoms with E-state index in [2.05, 4.69) is 10.6 Å². The second-order valence-electron chi connectivity index (χ2n) is 4.98. The number of carbonyl (C=O) groups is 1. The first-order valence-electron chi connectivity index (χ1n) is 6.50. The maximum Gasteiger partial charge on any atom is 0.223 e. The number of hydrogen-bond acceptors (Lipinski definition) is 2. The van der Waals surface area contributed by atoms with Crippen LogP contribution in [0.15, 0.2) is 18.2 Å². The van der Waals surface area contributed by atoms with Crippen molar-refractivity contribution < 1.29 is 13.6 Å². The lowest BCUT2D eigenvalue weighted by atomic mass is 9.88. The minimum atomic E-state index is -0.461. The van der Waals surface area contributed by atoms with Gasteiger partial charge in [-0.1, -0.05) is 6.92 Å². The van der Waals surface area contributed by atoms with Crippen LogP contribution >= 0.6 is 0 Å². The third kappa shape index (κ3) is 3.50. The van der Waals surface area contributed by atoms with Crippen LogP contribution in [0.1, 0.15) is 12.5 Å². The van der Waals surface area contributed by atoms with Crippen molar-refractivity contribution in [2.75, 3.05) is 19.6 Å². The van der Waals surface area contributed by atoms with Crippen molar-refractivity contribution in [2.24, 2.45) is 11.8 Å². The molecule has 0 saturated carbocycles. The Labute approximate surface area is 111 Å². The highest BCUT2D eigenvalue weighted by Gasteiger charge is 2.28. The molecule has 1 aromatic rings. The molecule has 104 valence electrons. The summed E-state index contributed by atoms with van der Waals surface area (Å²) in [5.41, 5.74) is 0.290. The summed E-state index contributed by atoms with van der Waals surface area (Å²) in [5, 5.41) is 5.89. The lowest BCUT2D eigenvalue weighted by molar-refractivity contribution is -0.126. The Bertz CT molecular complexity index is 461. The number of rotatable bonds is 5. The quantitative estimate of drug-likeness (QED) is 0.849. The number of hydrogen-bond donors (Lipinski definition) is 2. The molecule has 2 rings (SSSR count). The minimum Gasteiger partial charge on any atom is -0.356 e. The molecule has 1 heterocycles. The Hall–Kier alpha value is -1.49. The molecule has 1 aliphatic heterocycles. The zero-order valence-corrected chi connectivity index (χ0v) is 10.9. The first-order chi connectivity index (χ1) is 9.08. The summed E-state index contributed by atoms with van der Waals surface area (Å²) in [6, 6.07) is 3.36. The van der Waals surface area contributed by atoms with E-state index >= 15 is 0 Å². The molecule has 3 nitrogen and oxygen atoms in total. The Kier molecular flexibility index (Phi) is 4.47. The van der Waals surface area contributed by atoms with Crippen molar-refractivity contribution in [1.82, 2.24) is 10.6 Å². The van der Waals surface area contributed by atoms with E-state index in [0.29, 0.717) is 24.4 Å². The van der Waals surface area contributed by atoms with Crippen LogP contribution in [0.2, 0.25) is 0 Å². The second kappa shape index (κ2) is 6.10. The van der Waals surface area contributed by atoms with Gasteiger partial charge in [0.05, 0.1) is 0 Å². The predicted octanol–water partition coefficient (Wildman–Crippen LogP) is 1.48. The number of nitrogens with one attached hydrogen (secondary N) is 2. The highest BCUT2D eigenvalue weighted by atomic mass is 19.1. The molecule has 0 aliphatic carbocycles. The molecule has 1 amide bonds. The second-order valence-corrected chi connectivity index (χ2v) is 4.98. The zero-order valence-electron chi connectivity index (χ0n) is 10.9. The lowest BCUT2D eigenvalue weighted by Crippen LogP contribution is -2.49. The summed E-state index contributed by atoms with van der Waals surface area (Å²) in [4.78, 5) is 11.8. The van der Waals surface area contributed by atoms with Gasteiger partial charge < -0.3 is 10.6 Å². The molecule has 1 saturated heterocycles. The Morgan fingerprint density at radius 3 is 2.84 bits per heavy atom. The number of benzene rings is 1. The Morgan fingerprint density at radius 1 is 1.47 bits per heavy atom. The monoisotopic (exact) mass is 268 g/mol. The minimum absolute atomic E-state index is 0.0247. The molecular formula is C14H18F2N2O. The smallest absolute Gasteiger partial charge is 0.223 e.